The van der Waals surface area contributed by atoms with Gasteiger partial charge in [0.2, 0.25) is 0 Å². The highest BCUT2D eigenvalue weighted by Gasteiger charge is 2.26. The van der Waals surface area contributed by atoms with Crippen LogP contribution in [0.4, 0.5) is 4.79 Å². The molecule has 6 aromatic rings. The SMILES string of the molecule is CC.CC(C)(C)C#CC(C)(C)O.CC(C)(C)C#CC(C)(O)CNC(=O)OC(C)(C)C.CC(C)(C)c1ccccc1.CC(C)(C)c1ccccc1Cl.CC(C)(C)c1ccccn1.CC(C)(C)c1cn[nH]n1.CC(C)(C)c1cnc(C(C)(C)O)s1.Cn1cnc(C(C)(C)C)c1. The van der Waals surface area contributed by atoms with Crippen LogP contribution in [-0.2, 0) is 49.9 Å². The van der Waals surface area contributed by atoms with Crippen LogP contribution in [0.2, 0.25) is 5.02 Å². The zero-order chi connectivity index (χ0) is 73.7. The number of imidazole rings is 1. The maximum Gasteiger partial charge on any atom is 0.407 e. The van der Waals surface area contributed by atoms with Gasteiger partial charge in [0.25, 0.3) is 0 Å². The van der Waals surface area contributed by atoms with Crippen molar-refractivity contribution in [3.05, 3.63) is 147 Å². The van der Waals surface area contributed by atoms with Crippen molar-refractivity contribution in [3.63, 3.8) is 0 Å². The average molecular weight is 1330 g/mol. The Kier molecular flexibility index (Phi) is 37.9. The lowest BCUT2D eigenvalue weighted by Gasteiger charge is -2.22. The van der Waals surface area contributed by atoms with E-state index in [1.807, 2.05) is 116 Å². The number of ether oxygens (including phenoxy) is 1. The van der Waals surface area contributed by atoms with Gasteiger partial charge in [0.1, 0.15) is 27.4 Å². The molecule has 0 bridgehead atoms. The molecule has 0 aliphatic rings. The van der Waals surface area contributed by atoms with Crippen molar-refractivity contribution >= 4 is 29.0 Å². The van der Waals surface area contributed by atoms with Crippen LogP contribution in [0, 0.1) is 34.5 Å². The first kappa shape index (κ1) is 91.3. The van der Waals surface area contributed by atoms with E-state index in [9.17, 15) is 20.1 Å². The average Bonchev–Trinajstić information content (AvgIpc) is 1.79. The Labute approximate surface area is 576 Å². The summed E-state index contributed by atoms with van der Waals surface area (Å²) in [5.41, 5.74) is 3.29. The molecule has 93 heavy (non-hydrogen) atoms. The van der Waals surface area contributed by atoms with Gasteiger partial charge in [-0.15, -0.1) is 11.3 Å². The van der Waals surface area contributed by atoms with E-state index in [1.165, 1.54) is 16.0 Å². The summed E-state index contributed by atoms with van der Waals surface area (Å²) in [6, 6.07) is 24.5. The summed E-state index contributed by atoms with van der Waals surface area (Å²) in [5, 5.41) is 43.3. The number of rotatable bonds is 3. The smallest absolute Gasteiger partial charge is 0.407 e. The number of carbonyl (C=O) groups excluding carboxylic acids is 1. The number of carbonyl (C=O) groups is 1. The minimum atomic E-state index is -1.26. The fraction of sp³-hybridized carbons (Fsp3) is 0.615. The lowest BCUT2D eigenvalue weighted by molar-refractivity contribution is 0.0457. The Morgan fingerprint density at radius 1 is 0.548 bits per heavy atom. The molecule has 1 amide bonds. The van der Waals surface area contributed by atoms with Crippen LogP contribution >= 0.6 is 22.9 Å². The van der Waals surface area contributed by atoms with E-state index >= 15 is 0 Å². The van der Waals surface area contributed by atoms with Gasteiger partial charge in [0.15, 0.2) is 0 Å². The first-order valence-electron chi connectivity index (χ1n) is 32.3. The standard InChI is InChI=1S/C14H25NO3.C10H13Cl.C10H17NOS.C10H14.C9H13N.C9H16O.C8H14N2.C6H11N3.C2H6/c1-12(2,3)8-9-14(7,17)10-15-11(16)18-13(4,5)6;1-10(2,3)8-6-4-5-7-9(8)11;1-9(2,3)7-6-11-8(13-7)10(4,5)12;1-10(2,3)9-7-5-4-6-8-9;1-9(2,3)8-6-4-5-7-10-8;1-8(2,3)6-7-9(4,5)10;1-8(2,3)7-5-10(4)6-9-7;1-6(2,3)5-4-7-9-8-5;1-2/h17H,10H2,1-7H3,(H,15,16);4-7H,1-3H3;6,12H,1-5H3;4-8H,1-3H3;4-7H,1-3H3;10H,1-5H3;5-6H,1-4H3;4H,1-3H3,(H,7,8,9);1-2H3. The summed E-state index contributed by atoms with van der Waals surface area (Å²) < 4.78 is 7.04. The maximum atomic E-state index is 11.4. The van der Waals surface area contributed by atoms with Crippen molar-refractivity contribution < 1.29 is 24.9 Å². The molecule has 5 N–H and O–H groups in total. The zero-order valence-corrected chi connectivity index (χ0v) is 66.2. The largest absolute Gasteiger partial charge is 0.444 e. The van der Waals surface area contributed by atoms with Crippen molar-refractivity contribution in [2.24, 2.45) is 17.9 Å². The van der Waals surface area contributed by atoms with E-state index in [1.54, 1.807) is 72.9 Å². The van der Waals surface area contributed by atoms with Gasteiger partial charge in [-0.1, -0.05) is 228 Å². The monoisotopic (exact) mass is 1320 g/mol. The number of H-pyrrole nitrogens is 1. The topological polar surface area (TPSA) is 184 Å². The number of aryl methyl sites for hydroxylation is 1. The Morgan fingerprint density at radius 2 is 1.02 bits per heavy atom. The number of benzene rings is 2. The third kappa shape index (κ3) is 47.6. The molecule has 13 nitrogen and oxygen atoms in total. The van der Waals surface area contributed by atoms with Crippen molar-refractivity contribution in [1.29, 1.82) is 0 Å². The molecule has 0 radical (unpaired) electrons. The van der Waals surface area contributed by atoms with Gasteiger partial charge in [-0.05, 0) is 143 Å². The van der Waals surface area contributed by atoms with Crippen molar-refractivity contribution in [2.75, 3.05) is 6.54 Å². The number of pyridine rings is 1. The lowest BCUT2D eigenvalue weighted by Crippen LogP contribution is -2.42. The fourth-order valence-corrected chi connectivity index (χ4v) is 7.74. The van der Waals surface area contributed by atoms with Gasteiger partial charge in [-0.2, -0.15) is 15.4 Å². The molecule has 0 saturated carbocycles. The molecule has 15 heteroatoms. The molecule has 4 aromatic heterocycles. The van der Waals surface area contributed by atoms with Crippen molar-refractivity contribution in [3.8, 4) is 23.7 Å². The number of hydrogen-bond acceptors (Lipinski definition) is 11. The quantitative estimate of drug-likeness (QED) is 0.107. The molecule has 1 unspecified atom stereocenters. The summed E-state index contributed by atoms with van der Waals surface area (Å²) in [5.74, 6) is 11.4. The van der Waals surface area contributed by atoms with Crippen LogP contribution < -0.4 is 5.32 Å². The highest BCUT2D eigenvalue weighted by molar-refractivity contribution is 7.11. The molecule has 0 aliphatic heterocycles. The Hall–Kier alpha value is -5.87. The number of aromatic nitrogens is 7. The zero-order valence-electron chi connectivity index (χ0n) is 64.6. The minimum Gasteiger partial charge on any atom is -0.444 e. The first-order chi connectivity index (χ1) is 41.6. The third-order valence-corrected chi connectivity index (χ3v) is 13.7. The van der Waals surface area contributed by atoms with E-state index < -0.39 is 28.5 Å². The second-order valence-electron chi connectivity index (χ2n) is 33.1. The van der Waals surface area contributed by atoms with Gasteiger partial charge >= 0.3 is 6.09 Å². The van der Waals surface area contributed by atoms with Crippen molar-refractivity contribution in [2.45, 2.75) is 290 Å². The van der Waals surface area contributed by atoms with Crippen LogP contribution in [0.1, 0.15) is 274 Å². The number of aromatic amines is 1. The molecule has 2 aromatic carbocycles. The maximum absolute atomic E-state index is 11.4. The number of aliphatic hydroxyl groups is 3. The lowest BCUT2D eigenvalue weighted by atomic mass is 9.87. The predicted molar refractivity (Wildman–Crippen MR) is 398 cm³/mol. The van der Waals surface area contributed by atoms with Gasteiger partial charge < -0.3 is 29.9 Å². The second-order valence-corrected chi connectivity index (χ2v) is 34.6. The van der Waals surface area contributed by atoms with Gasteiger partial charge in [-0.25, -0.2) is 14.8 Å². The van der Waals surface area contributed by atoms with Gasteiger partial charge in [0, 0.05) is 68.3 Å². The number of hydrogen-bond donors (Lipinski definition) is 5. The van der Waals surface area contributed by atoms with E-state index in [-0.39, 0.29) is 44.4 Å². The number of nitrogens with zero attached hydrogens (tertiary/aromatic N) is 6. The van der Waals surface area contributed by atoms with E-state index in [0.29, 0.717) is 5.41 Å². The number of nitrogens with one attached hydrogen (secondary N) is 2. The predicted octanol–water partition coefficient (Wildman–Crippen LogP) is 19.6. The van der Waals surface area contributed by atoms with Crippen molar-refractivity contribution in [1.82, 2.24) is 40.2 Å². The molecule has 6 rings (SSSR count). The number of alkyl carbamates (subject to hydrolysis) is 1. The number of halogens is 1. The molecular formula is C78H129ClN8O5S. The minimum absolute atomic E-state index is 0.0139. The van der Waals surface area contributed by atoms with E-state index in [4.69, 9.17) is 16.3 Å². The van der Waals surface area contributed by atoms with Crippen LogP contribution in [0.15, 0.2) is 104 Å². The Balaban J connectivity index is -0.00000100. The summed E-state index contributed by atoms with van der Waals surface area (Å²) in [7, 11) is 1.99. The molecule has 524 valence electrons. The molecule has 4 heterocycles. The molecule has 0 spiro atoms. The van der Waals surface area contributed by atoms with Gasteiger partial charge in [0.05, 0.1) is 30.5 Å². The fourth-order valence-electron chi connectivity index (χ4n) is 6.35. The van der Waals surface area contributed by atoms with E-state index in [2.05, 4.69) is 233 Å². The third-order valence-electron chi connectivity index (χ3n) is 11.6. The summed E-state index contributed by atoms with van der Waals surface area (Å²) in [4.78, 5) is 25.3. The van der Waals surface area contributed by atoms with Crippen LogP contribution in [0.5, 0.6) is 0 Å². The normalized spacial score (nSPS) is 12.5. The van der Waals surface area contributed by atoms with Crippen LogP contribution in [0.25, 0.3) is 0 Å². The van der Waals surface area contributed by atoms with E-state index in [0.717, 1.165) is 27.1 Å². The molecule has 0 aliphatic carbocycles. The molecule has 1 atom stereocenters. The summed E-state index contributed by atoms with van der Waals surface area (Å²) in [6.45, 7) is 68.6. The Morgan fingerprint density at radius 3 is 1.29 bits per heavy atom. The highest BCUT2D eigenvalue weighted by atomic mass is 35.5. The van der Waals surface area contributed by atoms with Crippen LogP contribution in [-0.4, -0.2) is 79.7 Å². The Bertz CT molecular complexity index is 3010. The summed E-state index contributed by atoms with van der Waals surface area (Å²) >= 11 is 7.59. The molecule has 0 saturated heterocycles. The summed E-state index contributed by atoms with van der Waals surface area (Å²) in [6.07, 6.45) is 8.78. The molecule has 0 fully saturated rings. The second kappa shape index (κ2) is 38.6. The molecular weight excluding hydrogens is 1200 g/mol. The first-order valence-corrected chi connectivity index (χ1v) is 33.5. The van der Waals surface area contributed by atoms with Crippen LogP contribution in [0.3, 0.4) is 0 Å². The number of thiazole rings is 1. The highest BCUT2D eigenvalue weighted by Crippen LogP contribution is 2.33. The van der Waals surface area contributed by atoms with Gasteiger partial charge in [-0.3, -0.25) is 4.98 Å². The number of amides is 1.